The molecule has 2 unspecified atom stereocenters. The van der Waals surface area contributed by atoms with Gasteiger partial charge in [0.2, 0.25) is 0 Å². The highest BCUT2D eigenvalue weighted by atomic mass is 19.1. The average Bonchev–Trinajstić information content (AvgIpc) is 2.21. The molecule has 0 aromatic heterocycles. The minimum atomic E-state index is -0.691. The molecule has 1 aromatic carbocycles. The van der Waals surface area contributed by atoms with Crippen LogP contribution >= 0.6 is 0 Å². The predicted molar refractivity (Wildman–Crippen MR) is 59.9 cm³/mol. The summed E-state index contributed by atoms with van der Waals surface area (Å²) in [5, 5.41) is 0. The van der Waals surface area contributed by atoms with Gasteiger partial charge in [0.05, 0.1) is 0 Å². The van der Waals surface area contributed by atoms with E-state index in [9.17, 15) is 8.78 Å². The third-order valence-electron chi connectivity index (χ3n) is 3.50. The van der Waals surface area contributed by atoms with Crippen LogP contribution in [-0.4, -0.2) is 0 Å². The van der Waals surface area contributed by atoms with Crippen LogP contribution in [-0.2, 0) is 5.54 Å². The van der Waals surface area contributed by atoms with Crippen molar-refractivity contribution < 1.29 is 8.78 Å². The van der Waals surface area contributed by atoms with Crippen molar-refractivity contribution in [3.8, 4) is 0 Å². The van der Waals surface area contributed by atoms with Gasteiger partial charge in [-0.05, 0) is 37.0 Å². The van der Waals surface area contributed by atoms with Crippen LogP contribution in [0.4, 0.5) is 8.78 Å². The maximum absolute atomic E-state index is 13.7. The molecular weight excluding hydrogens is 208 g/mol. The van der Waals surface area contributed by atoms with Crippen LogP contribution in [0, 0.1) is 17.6 Å². The van der Waals surface area contributed by atoms with Gasteiger partial charge in [-0.3, -0.25) is 0 Å². The highest BCUT2D eigenvalue weighted by Gasteiger charge is 2.34. The van der Waals surface area contributed by atoms with Gasteiger partial charge in [0.1, 0.15) is 11.6 Å². The van der Waals surface area contributed by atoms with Crippen LogP contribution in [0.25, 0.3) is 0 Å². The van der Waals surface area contributed by atoms with Crippen molar-refractivity contribution in [3.05, 3.63) is 35.4 Å². The number of halogens is 2. The molecule has 3 heteroatoms. The normalized spacial score (nSPS) is 30.4. The van der Waals surface area contributed by atoms with Gasteiger partial charge in [-0.15, -0.1) is 0 Å². The van der Waals surface area contributed by atoms with Gasteiger partial charge < -0.3 is 5.73 Å². The topological polar surface area (TPSA) is 26.0 Å². The predicted octanol–water partition coefficient (Wildman–Crippen LogP) is 3.33. The fourth-order valence-corrected chi connectivity index (χ4v) is 2.72. The van der Waals surface area contributed by atoms with Gasteiger partial charge in [0.25, 0.3) is 0 Å². The molecule has 2 rings (SSSR count). The van der Waals surface area contributed by atoms with Gasteiger partial charge in [0.15, 0.2) is 0 Å². The Morgan fingerprint density at radius 2 is 2.12 bits per heavy atom. The summed E-state index contributed by atoms with van der Waals surface area (Å²) in [6.45, 7) is 2.11. The van der Waals surface area contributed by atoms with Crippen molar-refractivity contribution in [1.29, 1.82) is 0 Å². The van der Waals surface area contributed by atoms with Crippen molar-refractivity contribution >= 4 is 0 Å². The van der Waals surface area contributed by atoms with E-state index in [1.54, 1.807) is 0 Å². The Bertz CT molecular complexity index is 392. The number of hydrogen-bond acceptors (Lipinski definition) is 1. The smallest absolute Gasteiger partial charge is 0.128 e. The third kappa shape index (κ3) is 2.09. The molecule has 0 radical (unpaired) electrons. The Morgan fingerprint density at radius 3 is 2.81 bits per heavy atom. The van der Waals surface area contributed by atoms with E-state index in [2.05, 4.69) is 6.92 Å². The van der Waals surface area contributed by atoms with Gasteiger partial charge in [-0.25, -0.2) is 8.78 Å². The molecule has 0 spiro atoms. The fraction of sp³-hybridized carbons (Fsp3) is 0.538. The number of rotatable bonds is 1. The van der Waals surface area contributed by atoms with E-state index in [1.165, 1.54) is 12.1 Å². The quantitative estimate of drug-likeness (QED) is 0.779. The van der Waals surface area contributed by atoms with E-state index in [1.807, 2.05) is 0 Å². The van der Waals surface area contributed by atoms with Crippen molar-refractivity contribution in [1.82, 2.24) is 0 Å². The highest BCUT2D eigenvalue weighted by Crippen LogP contribution is 2.38. The Balaban J connectivity index is 2.37. The number of benzene rings is 1. The van der Waals surface area contributed by atoms with Crippen LogP contribution in [0.5, 0.6) is 0 Å². The van der Waals surface area contributed by atoms with Crippen molar-refractivity contribution in [2.24, 2.45) is 11.7 Å². The van der Waals surface area contributed by atoms with Crippen LogP contribution in [0.3, 0.4) is 0 Å². The zero-order valence-electron chi connectivity index (χ0n) is 9.47. The summed E-state index contributed by atoms with van der Waals surface area (Å²) in [4.78, 5) is 0. The summed E-state index contributed by atoms with van der Waals surface area (Å²) >= 11 is 0. The standard InChI is InChI=1S/C13H17F2N/c1-9-3-2-6-13(16,8-9)11-7-10(14)4-5-12(11)15/h4-5,7,9H,2-3,6,8,16H2,1H3. The first kappa shape index (κ1) is 11.5. The van der Waals surface area contributed by atoms with Crippen molar-refractivity contribution in [2.45, 2.75) is 38.1 Å². The molecule has 1 aromatic rings. The van der Waals surface area contributed by atoms with Gasteiger partial charge in [0, 0.05) is 11.1 Å². The minimum Gasteiger partial charge on any atom is -0.321 e. The molecule has 1 nitrogen and oxygen atoms in total. The summed E-state index contributed by atoms with van der Waals surface area (Å²) in [5.41, 5.74) is 5.88. The third-order valence-corrected chi connectivity index (χ3v) is 3.50. The Kier molecular flexibility index (Phi) is 2.98. The monoisotopic (exact) mass is 225 g/mol. The van der Waals surface area contributed by atoms with E-state index in [0.717, 1.165) is 31.7 Å². The lowest BCUT2D eigenvalue weighted by Crippen LogP contribution is -2.41. The molecular formula is C13H17F2N. The molecule has 2 N–H and O–H groups in total. The highest BCUT2D eigenvalue weighted by molar-refractivity contribution is 5.27. The SMILES string of the molecule is CC1CCCC(N)(c2cc(F)ccc2F)C1. The van der Waals surface area contributed by atoms with Crippen molar-refractivity contribution in [2.75, 3.05) is 0 Å². The lowest BCUT2D eigenvalue weighted by Gasteiger charge is -2.37. The zero-order chi connectivity index (χ0) is 11.8. The number of nitrogens with two attached hydrogens (primary N) is 1. The molecule has 1 fully saturated rings. The molecule has 0 bridgehead atoms. The second-order valence-corrected chi connectivity index (χ2v) is 4.98. The molecule has 16 heavy (non-hydrogen) atoms. The molecule has 1 aliphatic rings. The first-order valence-electron chi connectivity index (χ1n) is 5.76. The maximum Gasteiger partial charge on any atom is 0.128 e. The van der Waals surface area contributed by atoms with Crippen LogP contribution in [0.2, 0.25) is 0 Å². The molecule has 1 saturated carbocycles. The van der Waals surface area contributed by atoms with Crippen LogP contribution < -0.4 is 5.73 Å². The van der Waals surface area contributed by atoms with Crippen molar-refractivity contribution in [3.63, 3.8) is 0 Å². The van der Waals surface area contributed by atoms with Crippen LogP contribution in [0.15, 0.2) is 18.2 Å². The maximum atomic E-state index is 13.7. The second-order valence-electron chi connectivity index (χ2n) is 4.98. The number of hydrogen-bond donors (Lipinski definition) is 1. The second kappa shape index (κ2) is 4.13. The van der Waals surface area contributed by atoms with Crippen LogP contribution in [0.1, 0.15) is 38.2 Å². The average molecular weight is 225 g/mol. The lowest BCUT2D eigenvalue weighted by molar-refractivity contribution is 0.232. The molecule has 0 heterocycles. The summed E-state index contributed by atoms with van der Waals surface area (Å²) in [6, 6.07) is 3.54. The fourth-order valence-electron chi connectivity index (χ4n) is 2.72. The lowest BCUT2D eigenvalue weighted by atomic mass is 9.73. The molecule has 0 amide bonds. The molecule has 0 saturated heterocycles. The van der Waals surface area contributed by atoms with E-state index in [0.29, 0.717) is 11.5 Å². The first-order chi connectivity index (χ1) is 7.51. The summed E-state index contributed by atoms with van der Waals surface area (Å²) in [5.74, 6) is -0.334. The Morgan fingerprint density at radius 1 is 1.38 bits per heavy atom. The Hall–Kier alpha value is -0.960. The Labute approximate surface area is 94.7 Å². The summed E-state index contributed by atoms with van der Waals surface area (Å²) in [7, 11) is 0. The summed E-state index contributed by atoms with van der Waals surface area (Å²) in [6.07, 6.45) is 3.56. The molecule has 88 valence electrons. The minimum absolute atomic E-state index is 0.332. The van der Waals surface area contributed by atoms with Gasteiger partial charge in [-0.1, -0.05) is 19.8 Å². The van der Waals surface area contributed by atoms with E-state index >= 15 is 0 Å². The summed E-state index contributed by atoms with van der Waals surface area (Å²) < 4.78 is 26.8. The van der Waals surface area contributed by atoms with Gasteiger partial charge >= 0.3 is 0 Å². The largest absolute Gasteiger partial charge is 0.321 e. The molecule has 1 aliphatic carbocycles. The molecule has 2 atom stereocenters. The van der Waals surface area contributed by atoms with E-state index in [-0.39, 0.29) is 0 Å². The van der Waals surface area contributed by atoms with E-state index in [4.69, 9.17) is 5.73 Å². The molecule has 0 aliphatic heterocycles. The van der Waals surface area contributed by atoms with E-state index < -0.39 is 17.2 Å². The zero-order valence-corrected chi connectivity index (χ0v) is 9.47. The van der Waals surface area contributed by atoms with Gasteiger partial charge in [-0.2, -0.15) is 0 Å². The first-order valence-corrected chi connectivity index (χ1v) is 5.76.